The van der Waals surface area contributed by atoms with E-state index in [1.54, 1.807) is 82.7 Å². The summed E-state index contributed by atoms with van der Waals surface area (Å²) in [5.74, 6) is -0.781. The second-order valence-corrected chi connectivity index (χ2v) is 25.2. The smallest absolute Gasteiger partial charge is 0.255 e. The van der Waals surface area contributed by atoms with E-state index in [9.17, 15) is 22.1 Å². The Morgan fingerprint density at radius 3 is 1.52 bits per heavy atom. The van der Waals surface area contributed by atoms with Gasteiger partial charge in [-0.2, -0.15) is 5.26 Å². The molecule has 4 aliphatic rings. The summed E-state index contributed by atoms with van der Waals surface area (Å²) in [6, 6.07) is 56.2. The summed E-state index contributed by atoms with van der Waals surface area (Å²) < 4.78 is 69.0. The number of sulfone groups is 2. The predicted molar refractivity (Wildman–Crippen MR) is 299 cm³/mol. The number of fused-ring (bicyclic) bond motifs is 6. The molecule has 0 radical (unpaired) electrons. The van der Waals surface area contributed by atoms with Crippen molar-refractivity contribution in [1.29, 1.82) is 5.26 Å². The highest BCUT2D eigenvalue weighted by Crippen LogP contribution is 2.48. The van der Waals surface area contributed by atoms with Gasteiger partial charge in [0.05, 0.1) is 37.9 Å². The summed E-state index contributed by atoms with van der Waals surface area (Å²) in [5.41, 5.74) is 4.35. The molecule has 0 saturated carbocycles. The van der Waals surface area contributed by atoms with Crippen LogP contribution in [-0.2, 0) is 64.7 Å². The first-order valence-corrected chi connectivity index (χ1v) is 29.9. The molecule has 0 bridgehead atoms. The summed E-state index contributed by atoms with van der Waals surface area (Å²) in [5, 5.41) is 12.0. The van der Waals surface area contributed by atoms with Crippen molar-refractivity contribution in [3.05, 3.63) is 243 Å². The Hall–Kier alpha value is -8.56. The normalized spacial score (nSPS) is 20.5. The van der Waals surface area contributed by atoms with Gasteiger partial charge in [0.2, 0.25) is 11.8 Å². The molecule has 12 rings (SSSR count). The molecule has 1 aromatic heterocycles. The molecular formula is C62H50N6O8S3. The van der Waals surface area contributed by atoms with Crippen LogP contribution in [0.2, 0.25) is 0 Å². The maximum atomic E-state index is 15.3. The molecule has 14 nitrogen and oxygen atoms in total. The van der Waals surface area contributed by atoms with Crippen LogP contribution in [0.25, 0.3) is 11.1 Å². The van der Waals surface area contributed by atoms with Crippen LogP contribution >= 0.6 is 11.3 Å². The van der Waals surface area contributed by atoms with Crippen LogP contribution in [0.5, 0.6) is 0 Å². The summed E-state index contributed by atoms with van der Waals surface area (Å²) in [6.07, 6.45) is 0.314. The van der Waals surface area contributed by atoms with Gasteiger partial charge in [-0.25, -0.2) is 31.8 Å². The van der Waals surface area contributed by atoms with E-state index in [1.807, 2.05) is 121 Å². The van der Waals surface area contributed by atoms with Gasteiger partial charge >= 0.3 is 0 Å². The largest absolute Gasteiger partial charge is 0.466 e. The zero-order valence-corrected chi connectivity index (χ0v) is 44.9. The lowest BCUT2D eigenvalue weighted by molar-refractivity contribution is -0.140. The van der Waals surface area contributed by atoms with E-state index >= 15 is 9.59 Å². The number of thiazole rings is 1. The van der Waals surface area contributed by atoms with E-state index < -0.39 is 43.0 Å². The summed E-state index contributed by atoms with van der Waals surface area (Å²) in [7, 11) is -7.65. The van der Waals surface area contributed by atoms with Crippen LogP contribution < -0.4 is 0 Å². The second-order valence-electron chi connectivity index (χ2n) is 20.0. The lowest BCUT2D eigenvalue weighted by Gasteiger charge is -2.32. The lowest BCUT2D eigenvalue weighted by atomic mass is 9.81. The van der Waals surface area contributed by atoms with Crippen molar-refractivity contribution in [3.63, 3.8) is 0 Å². The highest BCUT2D eigenvalue weighted by atomic mass is 32.2. The first-order valence-electron chi connectivity index (χ1n) is 25.7. The van der Waals surface area contributed by atoms with Crippen LogP contribution in [0, 0.1) is 11.3 Å². The lowest BCUT2D eigenvalue weighted by Crippen LogP contribution is -2.50. The molecule has 0 spiro atoms. The van der Waals surface area contributed by atoms with Crippen molar-refractivity contribution < 1.29 is 35.9 Å². The zero-order valence-electron chi connectivity index (χ0n) is 42.5. The van der Waals surface area contributed by atoms with E-state index in [0.717, 1.165) is 38.9 Å². The maximum absolute atomic E-state index is 15.3. The number of benzene rings is 7. The standard InChI is InChI=1S/C62H50N6O8S3/c63-39-43-21-19-42(20-22-43)37-61-55(75-57(65-61)46-11-3-1-4-12-46)52-17-9-7-13-48(52)40-67(59(61)69)33-36-79(73,74)51-29-27-45(28-30-51)44-23-25-47(26-24-44)58-66-62(38-54-64-31-34-77-54)56(76-58)53-18-10-8-14-49(53)41-68(60(62)70)32-35-78(71,72)50-15-5-2-6-16-50/h1-31,34,55-56H,32-33,35-38,40-41H2/t55-,56-,61-,62-/m0/s1. The molecule has 0 unspecified atom stereocenters. The first kappa shape index (κ1) is 51.2. The predicted octanol–water partition coefficient (Wildman–Crippen LogP) is 9.31. The van der Waals surface area contributed by atoms with Crippen molar-refractivity contribution in [2.75, 3.05) is 24.6 Å². The number of hydrogen-bond acceptors (Lipinski definition) is 13. The molecule has 2 amide bonds. The van der Waals surface area contributed by atoms with Gasteiger partial charge in [-0.15, -0.1) is 11.3 Å². The molecule has 0 saturated heterocycles. The molecule has 8 aromatic rings. The Labute approximate surface area is 461 Å². The minimum absolute atomic E-state index is 0.0613. The number of rotatable bonds is 15. The molecule has 394 valence electrons. The van der Waals surface area contributed by atoms with Crippen LogP contribution in [0.15, 0.2) is 213 Å². The Bertz CT molecular complexity index is 3970. The van der Waals surface area contributed by atoms with Gasteiger partial charge < -0.3 is 19.3 Å². The number of nitriles is 1. The van der Waals surface area contributed by atoms with Gasteiger partial charge in [0.15, 0.2) is 43.0 Å². The molecule has 0 aliphatic carbocycles. The number of carbonyl (C=O) groups excluding carboxylic acids is 2. The highest BCUT2D eigenvalue weighted by Gasteiger charge is 2.58. The van der Waals surface area contributed by atoms with Gasteiger partial charge in [-0.1, -0.05) is 121 Å². The van der Waals surface area contributed by atoms with E-state index in [0.29, 0.717) is 27.6 Å². The summed E-state index contributed by atoms with van der Waals surface area (Å²) >= 11 is 1.41. The minimum Gasteiger partial charge on any atom is -0.466 e. The van der Waals surface area contributed by atoms with Crippen molar-refractivity contribution in [2.45, 2.75) is 59.0 Å². The molecule has 17 heteroatoms. The minimum atomic E-state index is -3.93. The van der Waals surface area contributed by atoms with Crippen molar-refractivity contribution in [1.82, 2.24) is 14.8 Å². The van der Waals surface area contributed by atoms with Gasteiger partial charge in [0, 0.05) is 72.9 Å². The van der Waals surface area contributed by atoms with E-state index in [1.165, 1.54) is 11.3 Å². The SMILES string of the molecule is N#Cc1ccc(C[C@]23N=C(c4ccccc4)O[C@H]2c2ccccc2CN(CCS(=O)(=O)c2ccc(-c4ccc(C5=N[C@]6(Cc7nccs7)C(=O)N(CCS(=O)(=O)c7ccccc7)Cc7ccccc7[C@@H]6O5)cc4)cc2)C3=O)cc1. The topological polar surface area (TPSA) is 189 Å². The number of aromatic nitrogens is 1. The van der Waals surface area contributed by atoms with Gasteiger partial charge in [-0.3, -0.25) is 9.59 Å². The zero-order chi connectivity index (χ0) is 54.4. The second kappa shape index (κ2) is 20.7. The molecule has 5 heterocycles. The third kappa shape index (κ3) is 9.70. The Morgan fingerprint density at radius 2 is 1.00 bits per heavy atom. The van der Waals surface area contributed by atoms with Crippen molar-refractivity contribution in [3.8, 4) is 17.2 Å². The number of carbonyl (C=O) groups is 2. The molecule has 0 N–H and O–H groups in total. The molecule has 0 fully saturated rings. The monoisotopic (exact) mass is 1100 g/mol. The molecule has 4 aliphatic heterocycles. The Balaban J connectivity index is 0.795. The van der Waals surface area contributed by atoms with E-state index in [4.69, 9.17) is 19.5 Å². The number of ether oxygens (including phenoxy) is 2. The van der Waals surface area contributed by atoms with Gasteiger partial charge in [-0.05, 0) is 88.5 Å². The summed E-state index contributed by atoms with van der Waals surface area (Å²) in [6.45, 7) is 0.156. The van der Waals surface area contributed by atoms with E-state index in [2.05, 4.69) is 11.1 Å². The van der Waals surface area contributed by atoms with Gasteiger partial charge in [0.1, 0.15) is 0 Å². The average molecular weight is 1100 g/mol. The van der Waals surface area contributed by atoms with E-state index in [-0.39, 0.29) is 78.0 Å². The number of nitrogens with zero attached hydrogens (tertiary/aromatic N) is 6. The van der Waals surface area contributed by atoms with Crippen LogP contribution in [0.1, 0.15) is 61.7 Å². The fourth-order valence-corrected chi connectivity index (χ4v) is 14.3. The van der Waals surface area contributed by atoms with Crippen LogP contribution in [0.3, 0.4) is 0 Å². The van der Waals surface area contributed by atoms with Crippen LogP contribution in [0.4, 0.5) is 0 Å². The number of aliphatic imine (C=N–C) groups is 2. The molecular weight excluding hydrogens is 1050 g/mol. The van der Waals surface area contributed by atoms with Crippen molar-refractivity contribution in [2.24, 2.45) is 9.98 Å². The highest BCUT2D eigenvalue weighted by molar-refractivity contribution is 7.91. The van der Waals surface area contributed by atoms with Gasteiger partial charge in [0.25, 0.3) is 11.8 Å². The van der Waals surface area contributed by atoms with Crippen molar-refractivity contribution >= 4 is 54.6 Å². The fourth-order valence-electron chi connectivity index (χ4n) is 11.1. The third-order valence-corrected chi connectivity index (χ3v) is 19.4. The number of hydrogen-bond donors (Lipinski definition) is 0. The molecule has 4 atom stereocenters. The molecule has 7 aromatic carbocycles. The quantitative estimate of drug-likeness (QED) is 0.0957. The van der Waals surface area contributed by atoms with Crippen LogP contribution in [-0.4, -0.2) is 90.9 Å². The Morgan fingerprint density at radius 1 is 0.544 bits per heavy atom. The maximum Gasteiger partial charge on any atom is 0.255 e. The summed E-state index contributed by atoms with van der Waals surface area (Å²) in [4.78, 5) is 48.7. The molecule has 79 heavy (non-hydrogen) atoms. The number of amides is 2. The fraction of sp³-hybridized carbons (Fsp3) is 0.194. The third-order valence-electron chi connectivity index (χ3n) is 15.2. The first-order chi connectivity index (χ1) is 38.3. The average Bonchev–Trinajstić information content (AvgIpc) is 4.40. The Kier molecular flexibility index (Phi) is 13.4.